The van der Waals surface area contributed by atoms with E-state index >= 15 is 0 Å². The number of hydrogen-bond acceptors (Lipinski definition) is 6. The van der Waals surface area contributed by atoms with Gasteiger partial charge in [-0.1, -0.05) is 30.4 Å². The topological polar surface area (TPSA) is 84.0 Å². The summed E-state index contributed by atoms with van der Waals surface area (Å²) in [5.41, 5.74) is 2.52. The number of anilines is 1. The summed E-state index contributed by atoms with van der Waals surface area (Å²) in [6.07, 6.45) is 1.07. The van der Waals surface area contributed by atoms with Gasteiger partial charge in [-0.25, -0.2) is 8.42 Å². The second-order valence-electron chi connectivity index (χ2n) is 4.17. The fraction of sp³-hybridized carbons (Fsp3) is 0.333. The van der Waals surface area contributed by atoms with E-state index in [1.54, 1.807) is 24.3 Å². The molecule has 1 aromatic carbocycles. The van der Waals surface area contributed by atoms with E-state index in [1.807, 2.05) is 0 Å². The van der Waals surface area contributed by atoms with E-state index in [-0.39, 0.29) is 10.0 Å². The van der Waals surface area contributed by atoms with Crippen molar-refractivity contribution in [1.82, 2.24) is 15.5 Å². The maximum Gasteiger partial charge on any atom is 0.263 e. The minimum absolute atomic E-state index is 0.215. The zero-order valence-electron chi connectivity index (χ0n) is 11.0. The molecule has 0 saturated carbocycles. The van der Waals surface area contributed by atoms with Gasteiger partial charge in [-0.2, -0.15) is 0 Å². The molecule has 0 aliphatic carbocycles. The van der Waals surface area contributed by atoms with Crippen molar-refractivity contribution in [3.05, 3.63) is 35.3 Å². The number of nitrogens with zero attached hydrogens (tertiary/aromatic N) is 2. The predicted molar refractivity (Wildman–Crippen MR) is 79.2 cm³/mol. The molecule has 8 heteroatoms. The number of nitrogens with one attached hydrogen (secondary N) is 2. The van der Waals surface area contributed by atoms with Gasteiger partial charge in [0.1, 0.15) is 5.51 Å². The van der Waals surface area contributed by atoms with Gasteiger partial charge in [-0.3, -0.25) is 4.72 Å². The second-order valence-corrected chi connectivity index (χ2v) is 6.69. The first-order valence-corrected chi connectivity index (χ1v) is 8.57. The maximum absolute atomic E-state index is 12.1. The summed E-state index contributed by atoms with van der Waals surface area (Å²) >= 11 is 1.14. The Hall–Kier alpha value is -1.51. The molecule has 0 radical (unpaired) electrons. The third-order valence-corrected chi connectivity index (χ3v) is 4.66. The zero-order valence-corrected chi connectivity index (χ0v) is 12.7. The van der Waals surface area contributed by atoms with Gasteiger partial charge < -0.3 is 5.32 Å². The highest BCUT2D eigenvalue weighted by Gasteiger charge is 2.15. The third kappa shape index (κ3) is 3.99. The van der Waals surface area contributed by atoms with Crippen molar-refractivity contribution in [3.63, 3.8) is 0 Å². The van der Waals surface area contributed by atoms with Crippen molar-refractivity contribution in [3.8, 4) is 0 Å². The minimum atomic E-state index is -3.59. The molecule has 0 aliphatic rings. The first-order chi connectivity index (χ1) is 9.62. The molecule has 0 spiro atoms. The normalized spacial score (nSPS) is 11.4. The van der Waals surface area contributed by atoms with Crippen LogP contribution in [0.4, 0.5) is 5.13 Å². The predicted octanol–water partition coefficient (Wildman–Crippen LogP) is 1.84. The third-order valence-electron chi connectivity index (χ3n) is 2.57. The Labute approximate surface area is 122 Å². The Balaban J connectivity index is 2.05. The highest BCUT2D eigenvalue weighted by molar-refractivity contribution is 7.93. The lowest BCUT2D eigenvalue weighted by Gasteiger charge is -2.07. The molecule has 0 unspecified atom stereocenters. The molecule has 0 amide bonds. The minimum Gasteiger partial charge on any atom is -0.313 e. The van der Waals surface area contributed by atoms with Crippen molar-refractivity contribution in [1.29, 1.82) is 0 Å². The van der Waals surface area contributed by atoms with Gasteiger partial charge >= 0.3 is 0 Å². The molecule has 0 atom stereocenters. The molecule has 0 saturated heterocycles. The van der Waals surface area contributed by atoms with Crippen LogP contribution in [0.1, 0.15) is 18.9 Å². The molecule has 0 aliphatic heterocycles. The first-order valence-electron chi connectivity index (χ1n) is 6.20. The maximum atomic E-state index is 12.1. The van der Waals surface area contributed by atoms with Gasteiger partial charge in [0.25, 0.3) is 10.0 Å². The Morgan fingerprint density at radius 3 is 2.60 bits per heavy atom. The fourth-order valence-corrected chi connectivity index (χ4v) is 3.28. The van der Waals surface area contributed by atoms with Crippen LogP contribution in [-0.2, 0) is 16.6 Å². The molecule has 20 heavy (non-hydrogen) atoms. The summed E-state index contributed by atoms with van der Waals surface area (Å²) < 4.78 is 26.6. The van der Waals surface area contributed by atoms with Crippen LogP contribution < -0.4 is 10.0 Å². The van der Waals surface area contributed by atoms with Crippen LogP contribution in [0.5, 0.6) is 0 Å². The Morgan fingerprint density at radius 1 is 1.25 bits per heavy atom. The summed E-state index contributed by atoms with van der Waals surface area (Å²) in [5.74, 6) is 0. The van der Waals surface area contributed by atoms with Gasteiger partial charge in [0.15, 0.2) is 0 Å². The lowest BCUT2D eigenvalue weighted by atomic mass is 10.2. The van der Waals surface area contributed by atoms with Gasteiger partial charge in [0.2, 0.25) is 5.13 Å². The molecule has 108 valence electrons. The second kappa shape index (κ2) is 6.78. The Kier molecular flexibility index (Phi) is 5.05. The molecule has 2 N–H and O–H groups in total. The lowest BCUT2D eigenvalue weighted by molar-refractivity contribution is 0.601. The Morgan fingerprint density at radius 2 is 2.00 bits per heavy atom. The number of rotatable bonds is 7. The van der Waals surface area contributed by atoms with Crippen LogP contribution in [0.25, 0.3) is 0 Å². The average Bonchev–Trinajstić information content (AvgIpc) is 2.92. The molecular weight excluding hydrogens is 296 g/mol. The smallest absolute Gasteiger partial charge is 0.263 e. The Bertz CT molecular complexity index is 624. The van der Waals surface area contributed by atoms with Crippen molar-refractivity contribution in [2.45, 2.75) is 24.8 Å². The average molecular weight is 312 g/mol. The van der Waals surface area contributed by atoms with E-state index in [1.165, 1.54) is 5.51 Å². The van der Waals surface area contributed by atoms with Crippen LogP contribution >= 0.6 is 11.3 Å². The SMILES string of the molecule is CCCNCc1ccc(S(=O)(=O)Nc2nncs2)cc1. The zero-order chi connectivity index (χ0) is 14.4. The van der Waals surface area contributed by atoms with Crippen molar-refractivity contribution in [2.24, 2.45) is 0 Å². The van der Waals surface area contributed by atoms with Crippen LogP contribution in [0.3, 0.4) is 0 Å². The van der Waals surface area contributed by atoms with Crippen LogP contribution in [0, 0.1) is 0 Å². The van der Waals surface area contributed by atoms with Gasteiger partial charge in [-0.05, 0) is 30.7 Å². The highest BCUT2D eigenvalue weighted by Crippen LogP contribution is 2.17. The van der Waals surface area contributed by atoms with Crippen molar-refractivity contribution >= 4 is 26.5 Å². The molecule has 0 bridgehead atoms. The van der Waals surface area contributed by atoms with Gasteiger partial charge in [-0.15, -0.1) is 10.2 Å². The van der Waals surface area contributed by atoms with Gasteiger partial charge in [0, 0.05) is 6.54 Å². The van der Waals surface area contributed by atoms with E-state index in [9.17, 15) is 8.42 Å². The molecule has 6 nitrogen and oxygen atoms in total. The number of aromatic nitrogens is 2. The van der Waals surface area contributed by atoms with Gasteiger partial charge in [0.05, 0.1) is 4.90 Å². The number of sulfonamides is 1. The first kappa shape index (κ1) is 14.9. The van der Waals surface area contributed by atoms with E-state index < -0.39 is 10.0 Å². The monoisotopic (exact) mass is 312 g/mol. The molecule has 2 aromatic rings. The van der Waals surface area contributed by atoms with Crippen LogP contribution in [0.15, 0.2) is 34.7 Å². The highest BCUT2D eigenvalue weighted by atomic mass is 32.2. The standard InChI is InChI=1S/C12H16N4O2S2/c1-2-7-13-8-10-3-5-11(6-4-10)20(17,18)16-12-15-14-9-19-12/h3-6,9,13H,2,7-8H2,1H3,(H,15,16). The number of hydrogen-bond donors (Lipinski definition) is 2. The largest absolute Gasteiger partial charge is 0.313 e. The van der Waals surface area contributed by atoms with Crippen molar-refractivity contribution < 1.29 is 8.42 Å². The molecule has 0 fully saturated rings. The summed E-state index contributed by atoms with van der Waals surface area (Å²) in [6.45, 7) is 3.78. The molecule has 2 rings (SSSR count). The quantitative estimate of drug-likeness (QED) is 0.762. The van der Waals surface area contributed by atoms with E-state index in [4.69, 9.17) is 0 Å². The number of benzene rings is 1. The molecular formula is C12H16N4O2S2. The van der Waals surface area contributed by atoms with E-state index in [0.29, 0.717) is 0 Å². The summed E-state index contributed by atoms with van der Waals surface area (Å²) in [4.78, 5) is 0.215. The molecule has 1 aromatic heterocycles. The fourth-order valence-electron chi connectivity index (χ4n) is 1.59. The van der Waals surface area contributed by atoms with E-state index in [0.717, 1.165) is 36.4 Å². The van der Waals surface area contributed by atoms with Crippen LogP contribution in [-0.4, -0.2) is 25.2 Å². The summed E-state index contributed by atoms with van der Waals surface area (Å²) in [7, 11) is -3.59. The van der Waals surface area contributed by atoms with E-state index in [2.05, 4.69) is 27.2 Å². The van der Waals surface area contributed by atoms with Crippen molar-refractivity contribution in [2.75, 3.05) is 11.3 Å². The summed E-state index contributed by atoms with van der Waals surface area (Å²) in [5, 5.41) is 10.8. The van der Waals surface area contributed by atoms with Crippen LogP contribution in [0.2, 0.25) is 0 Å². The lowest BCUT2D eigenvalue weighted by Crippen LogP contribution is -2.15. The summed E-state index contributed by atoms with van der Waals surface area (Å²) in [6, 6.07) is 6.79. The molecule has 1 heterocycles.